The van der Waals surface area contributed by atoms with Gasteiger partial charge in [-0.3, -0.25) is 9.59 Å². The second kappa shape index (κ2) is 30.7. The van der Waals surface area contributed by atoms with Crippen LogP contribution in [0, 0.1) is 0 Å². The van der Waals surface area contributed by atoms with Gasteiger partial charge in [-0.05, 0) is 96.0 Å². The zero-order chi connectivity index (χ0) is 54.7. The molecule has 0 bridgehead atoms. The van der Waals surface area contributed by atoms with Gasteiger partial charge in [0.05, 0.1) is 89.1 Å². The van der Waals surface area contributed by atoms with Gasteiger partial charge in [-0.2, -0.15) is 0 Å². The number of nitrogens with one attached hydrogen (secondary N) is 2. The Labute approximate surface area is 466 Å². The Kier molecular flexibility index (Phi) is 24.9. The average Bonchev–Trinajstić information content (AvgIpc) is 3.39. The first kappa shape index (κ1) is 61.7. The first-order chi connectivity index (χ1) is 36.4. The first-order valence-corrected chi connectivity index (χ1v) is 29.4. The number of hydrogen-bond donors (Lipinski definition) is 3. The molecule has 2 aliphatic heterocycles. The number of nitrogens with zero attached hydrogens (tertiary/aromatic N) is 3. The van der Waals surface area contributed by atoms with Gasteiger partial charge >= 0.3 is 0 Å². The van der Waals surface area contributed by atoms with Crippen LogP contribution in [0.1, 0.15) is 58.1 Å². The van der Waals surface area contributed by atoms with Crippen molar-refractivity contribution in [2.24, 2.45) is 5.73 Å². The third kappa shape index (κ3) is 19.1. The molecule has 0 spiro atoms. The summed E-state index contributed by atoms with van der Waals surface area (Å²) < 4.78 is 90.6. The maximum atomic E-state index is 13.0. The van der Waals surface area contributed by atoms with Crippen molar-refractivity contribution in [2.75, 3.05) is 133 Å². The average molecular weight is 1180 g/mol. The molecule has 0 aliphatic carbocycles. The van der Waals surface area contributed by atoms with Gasteiger partial charge in [-0.25, -0.2) is 26.3 Å². The predicted molar refractivity (Wildman–Crippen MR) is 292 cm³/mol. The van der Waals surface area contributed by atoms with Crippen LogP contribution in [0.15, 0.2) is 82.6 Å². The highest BCUT2D eigenvalue weighted by molar-refractivity contribution is 7.89. The van der Waals surface area contributed by atoms with Crippen molar-refractivity contribution in [3.63, 3.8) is 0 Å². The number of carbonyl (C=O) groups excluding carboxylic acids is 2. The molecule has 4 aromatic carbocycles. The van der Waals surface area contributed by atoms with Crippen LogP contribution < -0.4 is 15.2 Å². The number of primary amides is 1. The predicted octanol–water partition coefficient (Wildman–Crippen LogP) is 5.91. The van der Waals surface area contributed by atoms with E-state index < -0.39 is 26.0 Å². The number of carbonyl (C=O) groups is 2. The van der Waals surface area contributed by atoms with E-state index in [1.807, 2.05) is 50.5 Å². The van der Waals surface area contributed by atoms with Crippen molar-refractivity contribution in [1.29, 1.82) is 0 Å². The number of ether oxygens (including phenoxy) is 6. The Morgan fingerprint density at radius 2 is 0.908 bits per heavy atom. The van der Waals surface area contributed by atoms with E-state index in [1.54, 1.807) is 41.3 Å². The third-order valence-corrected chi connectivity index (χ3v) is 16.7. The van der Waals surface area contributed by atoms with Crippen molar-refractivity contribution >= 4 is 78.3 Å². The van der Waals surface area contributed by atoms with Gasteiger partial charge < -0.3 is 48.9 Å². The molecule has 0 aromatic heterocycles. The molecule has 0 radical (unpaired) electrons. The van der Waals surface area contributed by atoms with Crippen LogP contribution in [0.4, 0.5) is 0 Å². The summed E-state index contributed by atoms with van der Waals surface area (Å²) in [4.78, 5) is 30.3. The minimum absolute atomic E-state index is 0.00841. The molecule has 4 aromatic rings. The highest BCUT2D eigenvalue weighted by Crippen LogP contribution is 2.40. The summed E-state index contributed by atoms with van der Waals surface area (Å²) in [6.45, 7) is 6.41. The summed E-state index contributed by atoms with van der Waals surface area (Å²) >= 11 is 25.7. The third-order valence-electron chi connectivity index (χ3n) is 12.7. The van der Waals surface area contributed by atoms with E-state index in [4.69, 9.17) is 80.6 Å². The maximum absolute atomic E-state index is 13.0. The summed E-state index contributed by atoms with van der Waals surface area (Å²) in [5.41, 5.74) is 11.3. The van der Waals surface area contributed by atoms with Crippen LogP contribution in [-0.4, -0.2) is 176 Å². The number of amides is 2. The molecule has 6 rings (SSSR count). The topological polar surface area (TPSA) is 218 Å². The molecule has 4 N–H and O–H groups in total. The van der Waals surface area contributed by atoms with E-state index in [-0.39, 0.29) is 146 Å². The fourth-order valence-electron chi connectivity index (χ4n) is 8.87. The molecule has 2 heterocycles. The van der Waals surface area contributed by atoms with E-state index in [1.165, 1.54) is 0 Å². The summed E-state index contributed by atoms with van der Waals surface area (Å²) in [6, 6.07) is 21.0. The van der Waals surface area contributed by atoms with Crippen LogP contribution in [0.5, 0.6) is 0 Å². The number of rotatable bonds is 33. The van der Waals surface area contributed by atoms with Crippen LogP contribution in [0.25, 0.3) is 0 Å². The molecular weight excluding hydrogens is 1110 g/mol. The van der Waals surface area contributed by atoms with E-state index in [0.717, 1.165) is 46.5 Å². The Morgan fingerprint density at radius 1 is 0.553 bits per heavy atom. The standard InChI is InChI=1S/C52H68Cl4N6O12S2/c1-60-33-45(43-29-39(53)31-49(55)47(43)35-60)37-3-7-41(8-4-37)75(65,66)58-13-17-69-21-25-73-27-23-71-19-15-62(52(64)12-11-51(57)63)16-20-72-24-28-74-26-22-70-18-14-59-76(67,68)42-9-5-38(6-10-42)46-34-61(2)36-48-44(46)30-40(54)32-50(48)56/h3-10,29-32,45-46,58-59H,11-28,33-36H2,1-2H3,(H2,57,63). The van der Waals surface area contributed by atoms with Crippen LogP contribution in [0.3, 0.4) is 0 Å². The monoisotopic (exact) mass is 1170 g/mol. The maximum Gasteiger partial charge on any atom is 0.240 e. The van der Waals surface area contributed by atoms with Gasteiger partial charge in [0, 0.05) is 97.1 Å². The molecule has 2 unspecified atom stereocenters. The number of fused-ring (bicyclic) bond motifs is 2. The number of likely N-dealkylation sites (N-methyl/N-ethyl adjacent to an activating group) is 2. The fraction of sp³-hybridized carbons (Fsp3) is 0.500. The first-order valence-electron chi connectivity index (χ1n) is 25.0. The van der Waals surface area contributed by atoms with Crippen molar-refractivity contribution in [3.05, 3.63) is 126 Å². The van der Waals surface area contributed by atoms with Crippen LogP contribution in [-0.2, 0) is 71.1 Å². The van der Waals surface area contributed by atoms with E-state index in [0.29, 0.717) is 33.2 Å². The Hall–Kier alpha value is -3.52. The highest BCUT2D eigenvalue weighted by Gasteiger charge is 2.29. The molecule has 2 aliphatic rings. The molecule has 76 heavy (non-hydrogen) atoms. The molecule has 0 saturated heterocycles. The van der Waals surface area contributed by atoms with Crippen molar-refractivity contribution < 1.29 is 54.8 Å². The Morgan fingerprint density at radius 3 is 1.28 bits per heavy atom. The van der Waals surface area contributed by atoms with Gasteiger partial charge in [0.25, 0.3) is 0 Å². The van der Waals surface area contributed by atoms with Crippen LogP contribution in [0.2, 0.25) is 20.1 Å². The van der Waals surface area contributed by atoms with Crippen LogP contribution >= 0.6 is 46.4 Å². The largest absolute Gasteiger partial charge is 0.378 e. The number of nitrogens with two attached hydrogens (primary N) is 1. The summed E-state index contributed by atoms with van der Waals surface area (Å²) in [6.07, 6.45) is -0.112. The molecule has 418 valence electrons. The lowest BCUT2D eigenvalue weighted by Crippen LogP contribution is -2.37. The van der Waals surface area contributed by atoms with E-state index in [2.05, 4.69) is 19.2 Å². The zero-order valence-corrected chi connectivity index (χ0v) is 47.4. The highest BCUT2D eigenvalue weighted by atomic mass is 35.5. The Bertz CT molecular complexity index is 2580. The lowest BCUT2D eigenvalue weighted by molar-refractivity contribution is -0.134. The molecule has 2 amide bonds. The quantitative estimate of drug-likeness (QED) is 0.0474. The van der Waals surface area contributed by atoms with Gasteiger partial charge in [0.1, 0.15) is 0 Å². The molecule has 24 heteroatoms. The number of hydrogen-bond acceptors (Lipinski definition) is 14. The Balaban J connectivity index is 0.767. The molecule has 0 saturated carbocycles. The van der Waals surface area contributed by atoms with Gasteiger partial charge in [0.15, 0.2) is 0 Å². The minimum Gasteiger partial charge on any atom is -0.378 e. The van der Waals surface area contributed by atoms with Crippen molar-refractivity contribution in [3.8, 4) is 0 Å². The molecular formula is C52H68Cl4N6O12S2. The second-order valence-electron chi connectivity index (χ2n) is 18.4. The lowest BCUT2D eigenvalue weighted by Gasteiger charge is -2.33. The van der Waals surface area contributed by atoms with Gasteiger partial charge in [-0.15, -0.1) is 0 Å². The normalized spacial score (nSPS) is 16.1. The fourth-order valence-corrected chi connectivity index (χ4v) is 12.0. The summed E-state index contributed by atoms with van der Waals surface area (Å²) in [5.74, 6) is -0.849. The van der Waals surface area contributed by atoms with Gasteiger partial charge in [-0.1, -0.05) is 70.7 Å². The van der Waals surface area contributed by atoms with Crippen molar-refractivity contribution in [1.82, 2.24) is 24.1 Å². The SMILES string of the molecule is CN1Cc2c(Cl)cc(Cl)cc2C(c2ccc(S(=O)(=O)NCCOCCOCCOCCN(CCOCCOCCOCCNS(=O)(=O)c3ccc(C4CN(C)Cc5c(Cl)cc(Cl)cc54)cc3)C(=O)CCC(N)=O)cc2)C1. The van der Waals surface area contributed by atoms with Crippen molar-refractivity contribution in [2.45, 2.75) is 47.6 Å². The van der Waals surface area contributed by atoms with E-state index >= 15 is 0 Å². The minimum atomic E-state index is -3.76. The smallest absolute Gasteiger partial charge is 0.240 e. The molecule has 18 nitrogen and oxygen atoms in total. The molecule has 2 atom stereocenters. The van der Waals surface area contributed by atoms with Gasteiger partial charge in [0.2, 0.25) is 31.9 Å². The summed E-state index contributed by atoms with van der Waals surface area (Å²) in [7, 11) is -3.49. The number of sulfonamides is 2. The molecule has 0 fully saturated rings. The van der Waals surface area contributed by atoms with E-state index in [9.17, 15) is 26.4 Å². The lowest BCUT2D eigenvalue weighted by atomic mass is 9.85. The number of halogens is 4. The zero-order valence-electron chi connectivity index (χ0n) is 42.8. The number of benzene rings is 4. The summed E-state index contributed by atoms with van der Waals surface area (Å²) in [5, 5.41) is 2.36. The second-order valence-corrected chi connectivity index (χ2v) is 23.6.